The maximum atomic E-state index is 16.7. The van der Waals surface area contributed by atoms with E-state index in [0.29, 0.717) is 39.9 Å². The fourth-order valence-electron chi connectivity index (χ4n) is 6.32. The summed E-state index contributed by atoms with van der Waals surface area (Å²) in [6.45, 7) is 1.92. The molecule has 8 heteroatoms. The van der Waals surface area contributed by atoms with Gasteiger partial charge in [0.2, 0.25) is 0 Å². The summed E-state index contributed by atoms with van der Waals surface area (Å²) in [5.74, 6) is 3.25. The average molecular weight is 498 g/mol. The number of anilines is 1. The van der Waals surface area contributed by atoms with Crippen molar-refractivity contribution in [2.75, 3.05) is 18.4 Å². The molecule has 4 aromatic rings. The zero-order valence-corrected chi connectivity index (χ0v) is 20.1. The number of aromatic nitrogens is 3. The van der Waals surface area contributed by atoms with Gasteiger partial charge in [0.05, 0.1) is 22.7 Å². The minimum Gasteiger partial charge on any atom is -0.508 e. The number of halogens is 2. The zero-order valence-electron chi connectivity index (χ0n) is 20.1. The van der Waals surface area contributed by atoms with E-state index in [9.17, 15) is 9.50 Å². The Labute approximate surface area is 212 Å². The van der Waals surface area contributed by atoms with Gasteiger partial charge in [0.1, 0.15) is 28.6 Å². The number of aromatic hydroxyl groups is 1. The molecular formula is C29H25F2N5O. The smallest absolute Gasteiger partial charge is 0.175 e. The Morgan fingerprint density at radius 3 is 2.57 bits per heavy atom. The van der Waals surface area contributed by atoms with E-state index in [0.717, 1.165) is 49.9 Å². The van der Waals surface area contributed by atoms with Crippen LogP contribution in [0.4, 0.5) is 14.6 Å². The van der Waals surface area contributed by atoms with Crippen molar-refractivity contribution >= 4 is 27.5 Å². The molecule has 0 bridgehead atoms. The molecule has 4 fully saturated rings. The Balaban J connectivity index is 1.44. The van der Waals surface area contributed by atoms with Crippen LogP contribution in [0.1, 0.15) is 48.9 Å². The summed E-state index contributed by atoms with van der Waals surface area (Å²) in [6.07, 6.45) is 9.67. The number of nitrogens with zero attached hydrogens (tertiary/aromatic N) is 3. The van der Waals surface area contributed by atoms with Gasteiger partial charge in [-0.05, 0) is 74.2 Å². The fraction of sp³-hybridized carbons (Fsp3) is 0.379. The first kappa shape index (κ1) is 21.4. The van der Waals surface area contributed by atoms with Gasteiger partial charge < -0.3 is 15.7 Å². The predicted molar refractivity (Wildman–Crippen MR) is 137 cm³/mol. The number of hydrogen-bond donors (Lipinski definition) is 3. The molecule has 3 atom stereocenters. The molecule has 4 aliphatic rings. The van der Waals surface area contributed by atoms with E-state index in [1.165, 1.54) is 18.2 Å². The second-order valence-corrected chi connectivity index (χ2v) is 11.0. The largest absolute Gasteiger partial charge is 0.508 e. The first-order valence-electron chi connectivity index (χ1n) is 13.0. The van der Waals surface area contributed by atoms with E-state index in [1.807, 2.05) is 4.68 Å². The van der Waals surface area contributed by atoms with Gasteiger partial charge in [-0.25, -0.2) is 13.8 Å². The summed E-state index contributed by atoms with van der Waals surface area (Å²) in [6, 6.07) is 6.18. The lowest BCUT2D eigenvalue weighted by atomic mass is 9.95. The minimum atomic E-state index is -0.570. The number of terminal acetylenes is 1. The number of phenols is 1. The molecule has 8 rings (SSSR count). The van der Waals surface area contributed by atoms with E-state index in [1.54, 1.807) is 6.07 Å². The van der Waals surface area contributed by atoms with Crippen molar-refractivity contribution in [1.29, 1.82) is 0 Å². The number of pyridine rings is 1. The average Bonchev–Trinajstić information content (AvgIpc) is 3.85. The van der Waals surface area contributed by atoms with Crippen molar-refractivity contribution in [3.05, 3.63) is 47.2 Å². The molecule has 0 radical (unpaired) electrons. The highest BCUT2D eigenvalue weighted by molar-refractivity contribution is 6.04. The summed E-state index contributed by atoms with van der Waals surface area (Å²) in [7, 11) is 0. The molecule has 1 saturated heterocycles. The number of rotatable bonds is 5. The first-order chi connectivity index (χ1) is 18.0. The topological polar surface area (TPSA) is 75.0 Å². The highest BCUT2D eigenvalue weighted by Crippen LogP contribution is 2.58. The molecule has 1 unspecified atom stereocenters. The number of hydrogen-bond acceptors (Lipinski definition) is 5. The Bertz CT molecular complexity index is 1670. The fourth-order valence-corrected chi connectivity index (χ4v) is 6.32. The van der Waals surface area contributed by atoms with Crippen LogP contribution in [0.25, 0.3) is 32.9 Å². The van der Waals surface area contributed by atoms with E-state index in [-0.39, 0.29) is 34.7 Å². The Kier molecular flexibility index (Phi) is 4.29. The number of phenolic OH excluding ortho intramolecular Hbond substituents is 1. The molecule has 2 aromatic carbocycles. The lowest BCUT2D eigenvalue weighted by Gasteiger charge is -2.15. The van der Waals surface area contributed by atoms with E-state index < -0.39 is 11.6 Å². The van der Waals surface area contributed by atoms with Gasteiger partial charge in [-0.3, -0.25) is 4.68 Å². The van der Waals surface area contributed by atoms with Gasteiger partial charge in [0.15, 0.2) is 5.82 Å². The Hall–Kier alpha value is -3.70. The third kappa shape index (κ3) is 3.13. The second-order valence-electron chi connectivity index (χ2n) is 11.0. The van der Waals surface area contributed by atoms with Crippen molar-refractivity contribution in [3.8, 4) is 29.4 Å². The van der Waals surface area contributed by atoms with E-state index >= 15 is 4.39 Å². The van der Waals surface area contributed by atoms with Crippen LogP contribution in [0.3, 0.4) is 0 Å². The molecule has 3 N–H and O–H groups in total. The van der Waals surface area contributed by atoms with Gasteiger partial charge in [0.25, 0.3) is 0 Å². The van der Waals surface area contributed by atoms with Gasteiger partial charge >= 0.3 is 0 Å². The zero-order chi connectivity index (χ0) is 25.0. The summed E-state index contributed by atoms with van der Waals surface area (Å²) in [5, 5.41) is 24.2. The lowest BCUT2D eigenvalue weighted by Crippen LogP contribution is -2.14. The Morgan fingerprint density at radius 2 is 1.86 bits per heavy atom. The van der Waals surface area contributed by atoms with Crippen LogP contribution in [0.15, 0.2) is 24.3 Å². The molecule has 0 spiro atoms. The molecule has 3 heterocycles. The van der Waals surface area contributed by atoms with Gasteiger partial charge in [-0.15, -0.1) is 6.42 Å². The van der Waals surface area contributed by atoms with Crippen LogP contribution in [0, 0.1) is 35.8 Å². The van der Waals surface area contributed by atoms with Gasteiger partial charge in [-0.1, -0.05) is 12.0 Å². The van der Waals surface area contributed by atoms with E-state index in [4.69, 9.17) is 16.5 Å². The third-order valence-electron chi connectivity index (χ3n) is 8.48. The van der Waals surface area contributed by atoms with E-state index in [2.05, 4.69) is 16.6 Å². The predicted octanol–water partition coefficient (Wildman–Crippen LogP) is 5.06. The highest BCUT2D eigenvalue weighted by atomic mass is 19.1. The van der Waals surface area contributed by atoms with Crippen molar-refractivity contribution < 1.29 is 13.9 Å². The molecule has 3 aliphatic carbocycles. The van der Waals surface area contributed by atoms with Crippen molar-refractivity contribution in [2.24, 2.45) is 11.8 Å². The molecule has 186 valence electrons. The van der Waals surface area contributed by atoms with Crippen molar-refractivity contribution in [1.82, 2.24) is 20.1 Å². The minimum absolute atomic E-state index is 0.0280. The number of nitrogens with one attached hydrogen (secondary N) is 2. The van der Waals surface area contributed by atoms with Crippen LogP contribution in [-0.2, 0) is 0 Å². The summed E-state index contributed by atoms with van der Waals surface area (Å²) in [4.78, 5) is 4.85. The van der Waals surface area contributed by atoms with Crippen LogP contribution < -0.4 is 10.6 Å². The van der Waals surface area contributed by atoms with Crippen LogP contribution in [0.5, 0.6) is 5.75 Å². The SMILES string of the molecule is C#Cc1c(F)ccc2cc(O)cc(-c3nc(NC4CC4)c4c(C5[C@H]6CNC[C@@H]56)nn(C5CC5)c4c3F)c12. The maximum Gasteiger partial charge on any atom is 0.175 e. The summed E-state index contributed by atoms with van der Waals surface area (Å²) in [5.41, 5.74) is 1.73. The number of fused-ring (bicyclic) bond motifs is 3. The van der Waals surface area contributed by atoms with Gasteiger partial charge in [-0.2, -0.15) is 5.10 Å². The lowest BCUT2D eigenvalue weighted by molar-refractivity contribution is 0.476. The van der Waals surface area contributed by atoms with Crippen LogP contribution in [0.2, 0.25) is 0 Å². The number of piperidine rings is 1. The molecule has 37 heavy (non-hydrogen) atoms. The first-order valence-corrected chi connectivity index (χ1v) is 13.0. The summed E-state index contributed by atoms with van der Waals surface area (Å²) >= 11 is 0. The molecule has 3 saturated carbocycles. The maximum absolute atomic E-state index is 16.7. The Morgan fingerprint density at radius 1 is 1.08 bits per heavy atom. The molecule has 6 nitrogen and oxygen atoms in total. The molecular weight excluding hydrogens is 472 g/mol. The van der Waals surface area contributed by atoms with Crippen molar-refractivity contribution in [3.63, 3.8) is 0 Å². The normalized spacial score (nSPS) is 24.4. The molecule has 2 aromatic heterocycles. The summed E-state index contributed by atoms with van der Waals surface area (Å²) < 4.78 is 33.4. The highest BCUT2D eigenvalue weighted by Gasteiger charge is 2.56. The second kappa shape index (κ2) is 7.42. The van der Waals surface area contributed by atoms with Gasteiger partial charge in [0, 0.05) is 22.9 Å². The molecule has 1 aliphatic heterocycles. The van der Waals surface area contributed by atoms with Crippen LogP contribution in [-0.4, -0.2) is 39.0 Å². The number of benzene rings is 2. The third-order valence-corrected chi connectivity index (χ3v) is 8.48. The monoisotopic (exact) mass is 497 g/mol. The quantitative estimate of drug-likeness (QED) is 0.336. The molecule has 0 amide bonds. The standard InChI is InChI=1S/C29H25F2N5O/c1-2-17-21(30)8-3-13-9-16(37)10-18(22(13)17)26-25(31)28-24(29(34-26)33-14-4-5-14)27(35-36(28)15-6-7-15)23-19-11-32-12-20(19)23/h1,3,8-10,14-15,19-20,23,32,37H,4-7,11-12H2,(H,33,34)/t19-,20+,23?. The van der Waals surface area contributed by atoms with Crippen molar-refractivity contribution in [2.45, 2.75) is 43.7 Å². The van der Waals surface area contributed by atoms with Crippen LogP contribution >= 0.6 is 0 Å².